The van der Waals surface area contributed by atoms with Gasteiger partial charge < -0.3 is 15.4 Å². The minimum atomic E-state index is -0.196. The second-order valence-electron chi connectivity index (χ2n) is 5.92. The summed E-state index contributed by atoms with van der Waals surface area (Å²) in [5, 5.41) is 6.73. The summed E-state index contributed by atoms with van der Waals surface area (Å²) in [7, 11) is 1.64. The van der Waals surface area contributed by atoms with E-state index in [1.54, 1.807) is 19.4 Å². The largest absolute Gasteiger partial charge is 0.497 e. The van der Waals surface area contributed by atoms with Gasteiger partial charge in [0, 0.05) is 17.3 Å². The number of pyridine rings is 1. The molecular weight excluding hydrogens is 362 g/mol. The fourth-order valence-corrected chi connectivity index (χ4v) is 2.73. The number of carbonyl (C=O) groups excluding carboxylic acids is 1. The maximum absolute atomic E-state index is 12.2. The van der Waals surface area contributed by atoms with Crippen molar-refractivity contribution in [3.63, 3.8) is 0 Å². The molecule has 1 aromatic heterocycles. The van der Waals surface area contributed by atoms with Gasteiger partial charge in [0.2, 0.25) is 0 Å². The van der Waals surface area contributed by atoms with Crippen molar-refractivity contribution in [2.24, 2.45) is 0 Å². The van der Waals surface area contributed by atoms with Crippen LogP contribution in [0.4, 0.5) is 11.4 Å². The van der Waals surface area contributed by atoms with Crippen LogP contribution >= 0.6 is 11.6 Å². The number of amides is 1. The summed E-state index contributed by atoms with van der Waals surface area (Å²) in [6, 6.07) is 18.7. The molecule has 1 heterocycles. The van der Waals surface area contributed by atoms with Crippen molar-refractivity contribution in [2.75, 3.05) is 19.0 Å². The van der Waals surface area contributed by atoms with E-state index in [0.717, 1.165) is 29.1 Å². The summed E-state index contributed by atoms with van der Waals surface area (Å²) < 4.78 is 5.13. The van der Waals surface area contributed by atoms with Gasteiger partial charge in [-0.1, -0.05) is 29.8 Å². The molecule has 3 rings (SSSR count). The van der Waals surface area contributed by atoms with Crippen molar-refractivity contribution < 1.29 is 9.53 Å². The van der Waals surface area contributed by atoms with E-state index in [1.807, 2.05) is 54.6 Å². The predicted octanol–water partition coefficient (Wildman–Crippen LogP) is 4.46. The molecule has 0 atom stereocenters. The topological polar surface area (TPSA) is 63.2 Å². The highest BCUT2D eigenvalue weighted by Crippen LogP contribution is 2.19. The number of rotatable bonds is 7. The third-order valence-corrected chi connectivity index (χ3v) is 4.20. The van der Waals surface area contributed by atoms with Crippen LogP contribution in [0.1, 0.15) is 16.1 Å². The maximum Gasteiger partial charge on any atom is 0.269 e. The van der Waals surface area contributed by atoms with Crippen LogP contribution in [0.2, 0.25) is 5.02 Å². The van der Waals surface area contributed by atoms with E-state index in [9.17, 15) is 4.79 Å². The molecule has 0 aliphatic heterocycles. The number of methoxy groups -OCH3 is 1. The third-order valence-electron chi connectivity index (χ3n) is 3.97. The van der Waals surface area contributed by atoms with E-state index in [-0.39, 0.29) is 5.91 Å². The van der Waals surface area contributed by atoms with Crippen molar-refractivity contribution >= 4 is 28.9 Å². The Hall–Kier alpha value is -3.05. The van der Waals surface area contributed by atoms with Crippen LogP contribution in [0.25, 0.3) is 0 Å². The minimum absolute atomic E-state index is 0.196. The van der Waals surface area contributed by atoms with Crippen LogP contribution in [-0.2, 0) is 6.42 Å². The predicted molar refractivity (Wildman–Crippen MR) is 108 cm³/mol. The van der Waals surface area contributed by atoms with Crippen LogP contribution in [0.15, 0.2) is 66.9 Å². The first kappa shape index (κ1) is 18.7. The first-order valence-corrected chi connectivity index (χ1v) is 8.91. The van der Waals surface area contributed by atoms with Gasteiger partial charge in [0.15, 0.2) is 0 Å². The molecular formula is C21H20ClN3O2. The Morgan fingerprint density at radius 3 is 2.56 bits per heavy atom. The average Bonchev–Trinajstić information content (AvgIpc) is 2.69. The summed E-state index contributed by atoms with van der Waals surface area (Å²) in [5.74, 6) is 0.622. The maximum atomic E-state index is 12.2. The van der Waals surface area contributed by atoms with Crippen LogP contribution in [0, 0.1) is 0 Å². The smallest absolute Gasteiger partial charge is 0.269 e. The van der Waals surface area contributed by atoms with Crippen molar-refractivity contribution in [3.05, 3.63) is 83.1 Å². The molecule has 0 unspecified atom stereocenters. The van der Waals surface area contributed by atoms with Gasteiger partial charge in [0.1, 0.15) is 11.4 Å². The molecule has 2 aromatic carbocycles. The van der Waals surface area contributed by atoms with E-state index >= 15 is 0 Å². The molecule has 0 saturated heterocycles. The van der Waals surface area contributed by atoms with Crippen LogP contribution in [-0.4, -0.2) is 24.5 Å². The zero-order valence-electron chi connectivity index (χ0n) is 14.9. The van der Waals surface area contributed by atoms with Crippen LogP contribution in [0.5, 0.6) is 5.75 Å². The number of anilines is 2. The number of halogens is 1. The molecule has 0 aliphatic rings. The molecule has 27 heavy (non-hydrogen) atoms. The fourth-order valence-electron chi connectivity index (χ4n) is 2.54. The molecule has 138 valence electrons. The Kier molecular flexibility index (Phi) is 6.28. The Balaban J connectivity index is 1.51. The van der Waals surface area contributed by atoms with E-state index in [4.69, 9.17) is 16.3 Å². The van der Waals surface area contributed by atoms with E-state index in [0.29, 0.717) is 17.3 Å². The number of hydrogen-bond acceptors (Lipinski definition) is 4. The lowest BCUT2D eigenvalue weighted by Gasteiger charge is -2.08. The van der Waals surface area contributed by atoms with E-state index < -0.39 is 0 Å². The molecule has 0 bridgehead atoms. The van der Waals surface area contributed by atoms with Crippen molar-refractivity contribution in [2.45, 2.75) is 6.42 Å². The quantitative estimate of drug-likeness (QED) is 0.634. The second-order valence-corrected chi connectivity index (χ2v) is 6.36. The molecule has 0 radical (unpaired) electrons. The number of hydrogen-bond donors (Lipinski definition) is 2. The van der Waals surface area contributed by atoms with E-state index in [1.165, 1.54) is 0 Å². The number of aromatic nitrogens is 1. The summed E-state index contributed by atoms with van der Waals surface area (Å²) in [5.41, 5.74) is 3.15. The number of nitrogens with zero attached hydrogens (tertiary/aromatic N) is 1. The zero-order valence-corrected chi connectivity index (χ0v) is 15.7. The highest BCUT2D eigenvalue weighted by atomic mass is 35.5. The van der Waals surface area contributed by atoms with Crippen molar-refractivity contribution in [3.8, 4) is 5.75 Å². The standard InChI is InChI=1S/C21H20ClN3O2/c1-27-19-8-5-15(6-9-19)11-12-23-21(26)20-10-7-18(14-24-20)25-17-4-2-3-16(22)13-17/h2-10,13-14,25H,11-12H2,1H3,(H,23,26). The Morgan fingerprint density at radius 2 is 1.89 bits per heavy atom. The lowest BCUT2D eigenvalue weighted by Crippen LogP contribution is -2.26. The molecule has 0 spiro atoms. The number of nitrogens with one attached hydrogen (secondary N) is 2. The molecule has 0 fully saturated rings. The van der Waals surface area contributed by atoms with Crippen molar-refractivity contribution in [1.82, 2.24) is 10.3 Å². The monoisotopic (exact) mass is 381 g/mol. The first-order valence-electron chi connectivity index (χ1n) is 8.54. The molecule has 1 amide bonds. The highest BCUT2D eigenvalue weighted by Gasteiger charge is 2.07. The van der Waals surface area contributed by atoms with Crippen molar-refractivity contribution in [1.29, 1.82) is 0 Å². The molecule has 6 heteroatoms. The molecule has 0 aliphatic carbocycles. The van der Waals surface area contributed by atoms with Gasteiger partial charge in [-0.25, -0.2) is 4.98 Å². The van der Waals surface area contributed by atoms with E-state index in [2.05, 4.69) is 15.6 Å². The summed E-state index contributed by atoms with van der Waals surface area (Å²) in [6.07, 6.45) is 2.36. The average molecular weight is 382 g/mol. The summed E-state index contributed by atoms with van der Waals surface area (Å²) in [4.78, 5) is 16.4. The first-order chi connectivity index (χ1) is 13.1. The van der Waals surface area contributed by atoms with Gasteiger partial charge in [-0.3, -0.25) is 4.79 Å². The SMILES string of the molecule is COc1ccc(CCNC(=O)c2ccc(Nc3cccc(Cl)c3)cn2)cc1. The van der Waals surface area contributed by atoms with Gasteiger partial charge in [-0.15, -0.1) is 0 Å². The second kappa shape index (κ2) is 9.05. The Bertz CT molecular complexity index is 896. The number of carbonyl (C=O) groups is 1. The third kappa shape index (κ3) is 5.46. The molecule has 0 saturated carbocycles. The van der Waals surface area contributed by atoms with Gasteiger partial charge in [0.05, 0.1) is 19.0 Å². The summed E-state index contributed by atoms with van der Waals surface area (Å²) in [6.45, 7) is 0.537. The lowest BCUT2D eigenvalue weighted by molar-refractivity contribution is 0.0949. The normalized spacial score (nSPS) is 10.3. The van der Waals surface area contributed by atoms with Gasteiger partial charge >= 0.3 is 0 Å². The zero-order chi connectivity index (χ0) is 19.1. The fraction of sp³-hybridized carbons (Fsp3) is 0.143. The van der Waals surface area contributed by atoms with Gasteiger partial charge in [-0.2, -0.15) is 0 Å². The van der Waals surface area contributed by atoms with Gasteiger partial charge in [-0.05, 0) is 54.4 Å². The molecule has 5 nitrogen and oxygen atoms in total. The van der Waals surface area contributed by atoms with Crippen LogP contribution in [0.3, 0.4) is 0 Å². The number of ether oxygens (including phenoxy) is 1. The highest BCUT2D eigenvalue weighted by molar-refractivity contribution is 6.30. The summed E-state index contributed by atoms with van der Waals surface area (Å²) >= 11 is 5.97. The Labute approximate surface area is 163 Å². The van der Waals surface area contributed by atoms with Crippen LogP contribution < -0.4 is 15.4 Å². The lowest BCUT2D eigenvalue weighted by atomic mass is 10.1. The number of benzene rings is 2. The molecule has 2 N–H and O–H groups in total. The van der Waals surface area contributed by atoms with Gasteiger partial charge in [0.25, 0.3) is 5.91 Å². The molecule has 3 aromatic rings. The Morgan fingerprint density at radius 1 is 1.07 bits per heavy atom. The minimum Gasteiger partial charge on any atom is -0.497 e.